The van der Waals surface area contributed by atoms with Gasteiger partial charge in [0.25, 0.3) is 0 Å². The SMILES string of the molecule is CC(C)C(=O)N1CCC(NC(=O)C2CCC(N)CC2)CC1. The first-order valence-corrected chi connectivity index (χ1v) is 8.32. The summed E-state index contributed by atoms with van der Waals surface area (Å²) in [5, 5.41) is 3.17. The van der Waals surface area contributed by atoms with Crippen molar-refractivity contribution < 1.29 is 9.59 Å². The van der Waals surface area contributed by atoms with Crippen LogP contribution in [-0.4, -0.2) is 41.9 Å². The predicted octanol–water partition coefficient (Wildman–Crippen LogP) is 1.27. The maximum Gasteiger partial charge on any atom is 0.225 e. The number of piperidine rings is 1. The molecular weight excluding hydrogens is 266 g/mol. The average Bonchev–Trinajstić information content (AvgIpc) is 2.47. The summed E-state index contributed by atoms with van der Waals surface area (Å²) in [7, 11) is 0. The topological polar surface area (TPSA) is 75.4 Å². The van der Waals surface area contributed by atoms with Gasteiger partial charge in [-0.3, -0.25) is 9.59 Å². The number of carbonyl (C=O) groups excluding carboxylic acids is 2. The summed E-state index contributed by atoms with van der Waals surface area (Å²) in [6.07, 6.45) is 5.49. The van der Waals surface area contributed by atoms with Gasteiger partial charge in [0.1, 0.15) is 0 Å². The zero-order valence-corrected chi connectivity index (χ0v) is 13.3. The zero-order chi connectivity index (χ0) is 15.4. The Hall–Kier alpha value is -1.10. The lowest BCUT2D eigenvalue weighted by Crippen LogP contribution is -2.49. The number of hydrogen-bond donors (Lipinski definition) is 2. The van der Waals surface area contributed by atoms with Crippen LogP contribution in [0.4, 0.5) is 0 Å². The van der Waals surface area contributed by atoms with Crippen LogP contribution in [0.15, 0.2) is 0 Å². The van der Waals surface area contributed by atoms with Crippen molar-refractivity contribution in [2.75, 3.05) is 13.1 Å². The Labute approximate surface area is 127 Å². The van der Waals surface area contributed by atoms with Gasteiger partial charge >= 0.3 is 0 Å². The van der Waals surface area contributed by atoms with Crippen LogP contribution in [-0.2, 0) is 9.59 Å². The van der Waals surface area contributed by atoms with Gasteiger partial charge in [-0.1, -0.05) is 13.8 Å². The molecule has 0 aromatic heterocycles. The molecular formula is C16H29N3O2. The normalized spacial score (nSPS) is 27.7. The number of amides is 2. The van der Waals surface area contributed by atoms with Crippen LogP contribution in [0.25, 0.3) is 0 Å². The molecule has 2 fully saturated rings. The first kappa shape index (κ1) is 16.3. The van der Waals surface area contributed by atoms with Gasteiger partial charge in [-0.2, -0.15) is 0 Å². The summed E-state index contributed by atoms with van der Waals surface area (Å²) in [5.74, 6) is 0.610. The van der Waals surface area contributed by atoms with Crippen molar-refractivity contribution >= 4 is 11.8 Å². The lowest BCUT2D eigenvalue weighted by molar-refractivity contribution is -0.135. The van der Waals surface area contributed by atoms with Crippen molar-refractivity contribution in [1.29, 1.82) is 0 Å². The van der Waals surface area contributed by atoms with E-state index in [0.717, 1.165) is 51.6 Å². The molecule has 0 aromatic rings. The summed E-state index contributed by atoms with van der Waals surface area (Å²) in [5.41, 5.74) is 5.88. The van der Waals surface area contributed by atoms with Crippen LogP contribution in [0.1, 0.15) is 52.4 Å². The fourth-order valence-electron chi connectivity index (χ4n) is 3.31. The number of rotatable bonds is 3. The van der Waals surface area contributed by atoms with E-state index in [9.17, 15) is 9.59 Å². The summed E-state index contributed by atoms with van der Waals surface area (Å²) >= 11 is 0. The number of nitrogens with one attached hydrogen (secondary N) is 1. The molecule has 1 saturated carbocycles. The van der Waals surface area contributed by atoms with E-state index < -0.39 is 0 Å². The van der Waals surface area contributed by atoms with Crippen LogP contribution in [0.3, 0.4) is 0 Å². The Morgan fingerprint density at radius 3 is 2.14 bits per heavy atom. The molecule has 5 nitrogen and oxygen atoms in total. The zero-order valence-electron chi connectivity index (χ0n) is 13.3. The highest BCUT2D eigenvalue weighted by atomic mass is 16.2. The molecule has 0 bridgehead atoms. The Morgan fingerprint density at radius 1 is 1.05 bits per heavy atom. The highest BCUT2D eigenvalue weighted by Gasteiger charge is 2.29. The molecule has 1 heterocycles. The quantitative estimate of drug-likeness (QED) is 0.823. The van der Waals surface area contributed by atoms with Crippen LogP contribution >= 0.6 is 0 Å². The second-order valence-corrected chi connectivity index (χ2v) is 6.87. The van der Waals surface area contributed by atoms with Crippen molar-refractivity contribution in [3.8, 4) is 0 Å². The largest absolute Gasteiger partial charge is 0.353 e. The molecule has 3 N–H and O–H groups in total. The number of hydrogen-bond acceptors (Lipinski definition) is 3. The molecule has 0 radical (unpaired) electrons. The van der Waals surface area contributed by atoms with E-state index in [2.05, 4.69) is 5.32 Å². The summed E-state index contributed by atoms with van der Waals surface area (Å²) in [4.78, 5) is 26.1. The smallest absolute Gasteiger partial charge is 0.225 e. The Kier molecular flexibility index (Phi) is 5.62. The van der Waals surface area contributed by atoms with Crippen LogP contribution in [0, 0.1) is 11.8 Å². The molecule has 120 valence electrons. The average molecular weight is 295 g/mol. The molecule has 2 rings (SSSR count). The highest BCUT2D eigenvalue weighted by molar-refractivity contribution is 5.79. The fourth-order valence-corrected chi connectivity index (χ4v) is 3.31. The van der Waals surface area contributed by atoms with E-state index in [-0.39, 0.29) is 35.7 Å². The number of nitrogens with zero attached hydrogens (tertiary/aromatic N) is 1. The van der Waals surface area contributed by atoms with Gasteiger partial charge in [-0.15, -0.1) is 0 Å². The van der Waals surface area contributed by atoms with E-state index in [1.165, 1.54) is 0 Å². The molecule has 1 saturated heterocycles. The monoisotopic (exact) mass is 295 g/mol. The molecule has 2 aliphatic rings. The van der Waals surface area contributed by atoms with Gasteiger partial charge in [0.15, 0.2) is 0 Å². The summed E-state index contributed by atoms with van der Waals surface area (Å²) in [6.45, 7) is 5.39. The summed E-state index contributed by atoms with van der Waals surface area (Å²) in [6, 6.07) is 0.503. The molecule has 5 heteroatoms. The van der Waals surface area contributed by atoms with Gasteiger partial charge in [0.05, 0.1) is 0 Å². The highest BCUT2D eigenvalue weighted by Crippen LogP contribution is 2.24. The third kappa shape index (κ3) is 4.43. The minimum absolute atomic E-state index is 0.0580. The van der Waals surface area contributed by atoms with E-state index in [4.69, 9.17) is 5.73 Å². The van der Waals surface area contributed by atoms with E-state index in [1.807, 2.05) is 18.7 Å². The second kappa shape index (κ2) is 7.25. The lowest BCUT2D eigenvalue weighted by Gasteiger charge is -2.34. The molecule has 2 amide bonds. The van der Waals surface area contributed by atoms with Gasteiger partial charge < -0.3 is 16.0 Å². The first-order valence-electron chi connectivity index (χ1n) is 8.32. The van der Waals surface area contributed by atoms with Crippen LogP contribution < -0.4 is 11.1 Å². The Balaban J connectivity index is 1.73. The first-order chi connectivity index (χ1) is 9.97. The molecule has 0 atom stereocenters. The number of nitrogens with two attached hydrogens (primary N) is 1. The van der Waals surface area contributed by atoms with Gasteiger partial charge in [0, 0.05) is 37.0 Å². The van der Waals surface area contributed by atoms with E-state index in [1.54, 1.807) is 0 Å². The molecule has 0 unspecified atom stereocenters. The van der Waals surface area contributed by atoms with Gasteiger partial charge in [0.2, 0.25) is 11.8 Å². The molecule has 1 aliphatic heterocycles. The van der Waals surface area contributed by atoms with Crippen molar-refractivity contribution in [2.24, 2.45) is 17.6 Å². The minimum atomic E-state index is 0.0580. The Morgan fingerprint density at radius 2 is 1.62 bits per heavy atom. The minimum Gasteiger partial charge on any atom is -0.353 e. The van der Waals surface area contributed by atoms with Crippen molar-refractivity contribution in [3.05, 3.63) is 0 Å². The maximum absolute atomic E-state index is 12.3. The van der Waals surface area contributed by atoms with Crippen LogP contribution in [0.2, 0.25) is 0 Å². The second-order valence-electron chi connectivity index (χ2n) is 6.87. The molecule has 1 aliphatic carbocycles. The van der Waals surface area contributed by atoms with Crippen molar-refractivity contribution in [3.63, 3.8) is 0 Å². The molecule has 0 spiro atoms. The fraction of sp³-hybridized carbons (Fsp3) is 0.875. The lowest BCUT2D eigenvalue weighted by atomic mass is 9.85. The standard InChI is InChI=1S/C16H29N3O2/c1-11(2)16(21)19-9-7-14(8-10-19)18-15(20)12-3-5-13(17)6-4-12/h11-14H,3-10,17H2,1-2H3,(H,18,20). The number of likely N-dealkylation sites (tertiary alicyclic amines) is 1. The van der Waals surface area contributed by atoms with E-state index in [0.29, 0.717) is 0 Å². The van der Waals surface area contributed by atoms with E-state index >= 15 is 0 Å². The van der Waals surface area contributed by atoms with Gasteiger partial charge in [-0.05, 0) is 38.5 Å². The maximum atomic E-state index is 12.3. The van der Waals surface area contributed by atoms with Crippen molar-refractivity contribution in [2.45, 2.75) is 64.5 Å². The van der Waals surface area contributed by atoms with Gasteiger partial charge in [-0.25, -0.2) is 0 Å². The Bertz CT molecular complexity index is 368. The molecule has 21 heavy (non-hydrogen) atoms. The predicted molar refractivity (Wildman–Crippen MR) is 82.5 cm³/mol. The van der Waals surface area contributed by atoms with Crippen molar-refractivity contribution in [1.82, 2.24) is 10.2 Å². The third-order valence-corrected chi connectivity index (χ3v) is 4.79. The molecule has 0 aromatic carbocycles. The van der Waals surface area contributed by atoms with Crippen LogP contribution in [0.5, 0.6) is 0 Å². The number of carbonyl (C=O) groups is 2. The third-order valence-electron chi connectivity index (χ3n) is 4.79. The summed E-state index contributed by atoms with van der Waals surface area (Å²) < 4.78 is 0.